The maximum atomic E-state index is 10.9. The Balaban J connectivity index is 2.26. The van der Waals surface area contributed by atoms with Gasteiger partial charge in [-0.25, -0.2) is 4.98 Å². The molecule has 1 aromatic carbocycles. The van der Waals surface area contributed by atoms with Crippen LogP contribution in [0.3, 0.4) is 0 Å². The lowest BCUT2D eigenvalue weighted by atomic mass is 9.85. The van der Waals surface area contributed by atoms with Gasteiger partial charge < -0.3 is 5.11 Å². The predicted octanol–water partition coefficient (Wildman–Crippen LogP) is 3.68. The van der Waals surface area contributed by atoms with Gasteiger partial charge in [-0.3, -0.25) is 0 Å². The molecule has 2 rings (SSSR count). The van der Waals surface area contributed by atoms with E-state index in [0.717, 1.165) is 29.1 Å². The van der Waals surface area contributed by atoms with E-state index in [-0.39, 0.29) is 0 Å². The molecular formula is C15H19NOS. The van der Waals surface area contributed by atoms with Crippen LogP contribution in [-0.2, 0) is 12.0 Å². The largest absolute Gasteiger partial charge is 0.385 e. The number of thiazole rings is 1. The minimum Gasteiger partial charge on any atom is -0.385 e. The highest BCUT2D eigenvalue weighted by molar-refractivity contribution is 7.09. The van der Waals surface area contributed by atoms with Crippen molar-refractivity contribution in [3.05, 3.63) is 52.0 Å². The Kier molecular flexibility index (Phi) is 4.15. The molecule has 1 aromatic heterocycles. The zero-order valence-corrected chi connectivity index (χ0v) is 11.7. The summed E-state index contributed by atoms with van der Waals surface area (Å²) < 4.78 is 0. The van der Waals surface area contributed by atoms with Gasteiger partial charge in [0.05, 0.1) is 16.3 Å². The third kappa shape index (κ3) is 2.98. The van der Waals surface area contributed by atoms with Crippen molar-refractivity contribution in [3.8, 4) is 0 Å². The summed E-state index contributed by atoms with van der Waals surface area (Å²) in [5.41, 5.74) is 1.17. The molecule has 0 fully saturated rings. The average molecular weight is 261 g/mol. The van der Waals surface area contributed by atoms with Crippen molar-refractivity contribution in [1.29, 1.82) is 0 Å². The molecule has 96 valence electrons. The van der Waals surface area contributed by atoms with Gasteiger partial charge in [0.25, 0.3) is 0 Å². The van der Waals surface area contributed by atoms with E-state index in [2.05, 4.69) is 11.9 Å². The molecule has 0 aliphatic rings. The summed E-state index contributed by atoms with van der Waals surface area (Å²) >= 11 is 1.64. The summed E-state index contributed by atoms with van der Waals surface area (Å²) in [5, 5.41) is 14.0. The van der Waals surface area contributed by atoms with Crippen molar-refractivity contribution in [3.63, 3.8) is 0 Å². The highest BCUT2D eigenvalue weighted by atomic mass is 32.1. The summed E-state index contributed by atoms with van der Waals surface area (Å²) in [7, 11) is 0. The lowest BCUT2D eigenvalue weighted by Gasteiger charge is -2.27. The first-order chi connectivity index (χ1) is 8.64. The molecule has 0 spiro atoms. The van der Waals surface area contributed by atoms with E-state index in [1.54, 1.807) is 11.3 Å². The fourth-order valence-corrected chi connectivity index (χ4v) is 2.90. The van der Waals surface area contributed by atoms with E-state index in [4.69, 9.17) is 0 Å². The lowest BCUT2D eigenvalue weighted by molar-refractivity contribution is 0.0261. The number of nitrogens with zero attached hydrogens (tertiary/aromatic N) is 1. The third-order valence-electron chi connectivity index (χ3n) is 3.11. The average Bonchev–Trinajstić information content (AvgIpc) is 2.76. The summed E-state index contributed by atoms with van der Waals surface area (Å²) in [4.78, 5) is 4.46. The number of benzene rings is 1. The van der Waals surface area contributed by atoms with Gasteiger partial charge >= 0.3 is 0 Å². The molecule has 2 nitrogen and oxygen atoms in total. The Morgan fingerprint density at radius 3 is 2.56 bits per heavy atom. The van der Waals surface area contributed by atoms with Gasteiger partial charge in [0.1, 0.15) is 0 Å². The first-order valence-electron chi connectivity index (χ1n) is 6.33. The number of aryl methyl sites for hydroxylation is 1. The Morgan fingerprint density at radius 1 is 1.28 bits per heavy atom. The van der Waals surface area contributed by atoms with Crippen LogP contribution in [0, 0.1) is 6.92 Å². The second kappa shape index (κ2) is 5.63. The van der Waals surface area contributed by atoms with Crippen molar-refractivity contribution in [2.45, 2.75) is 38.7 Å². The van der Waals surface area contributed by atoms with Crippen LogP contribution in [0.5, 0.6) is 0 Å². The van der Waals surface area contributed by atoms with Crippen LogP contribution in [0.1, 0.15) is 36.0 Å². The topological polar surface area (TPSA) is 33.1 Å². The van der Waals surface area contributed by atoms with E-state index in [1.807, 2.05) is 42.6 Å². The smallest absolute Gasteiger partial charge is 0.0952 e. The summed E-state index contributed by atoms with van der Waals surface area (Å²) in [5.74, 6) is 0. The molecule has 0 bridgehead atoms. The molecule has 1 N–H and O–H groups in total. The van der Waals surface area contributed by atoms with Crippen molar-refractivity contribution >= 4 is 11.3 Å². The summed E-state index contributed by atoms with van der Waals surface area (Å²) in [6, 6.07) is 9.91. The number of rotatable bonds is 5. The van der Waals surface area contributed by atoms with Crippen molar-refractivity contribution in [1.82, 2.24) is 4.98 Å². The molecule has 0 amide bonds. The van der Waals surface area contributed by atoms with Crippen molar-refractivity contribution in [2.24, 2.45) is 0 Å². The maximum absolute atomic E-state index is 10.9. The first-order valence-corrected chi connectivity index (χ1v) is 7.21. The van der Waals surface area contributed by atoms with Crippen LogP contribution in [0.4, 0.5) is 0 Å². The SMILES string of the molecule is CCCC(O)(Cc1csc(C)n1)c1ccccc1. The molecule has 1 unspecified atom stereocenters. The van der Waals surface area contributed by atoms with Gasteiger partial charge in [0.2, 0.25) is 0 Å². The normalized spacial score (nSPS) is 14.4. The van der Waals surface area contributed by atoms with Gasteiger partial charge in [-0.15, -0.1) is 11.3 Å². The van der Waals surface area contributed by atoms with Crippen LogP contribution >= 0.6 is 11.3 Å². The maximum Gasteiger partial charge on any atom is 0.0952 e. The van der Waals surface area contributed by atoms with E-state index in [9.17, 15) is 5.11 Å². The zero-order chi connectivity index (χ0) is 13.0. The fraction of sp³-hybridized carbons (Fsp3) is 0.400. The number of hydrogen-bond acceptors (Lipinski definition) is 3. The Labute approximate surface area is 112 Å². The van der Waals surface area contributed by atoms with Gasteiger partial charge in [-0.2, -0.15) is 0 Å². The first kappa shape index (κ1) is 13.2. The fourth-order valence-electron chi connectivity index (χ4n) is 2.29. The zero-order valence-electron chi connectivity index (χ0n) is 10.9. The number of aliphatic hydroxyl groups is 1. The van der Waals surface area contributed by atoms with Crippen molar-refractivity contribution in [2.75, 3.05) is 0 Å². The van der Waals surface area contributed by atoms with Crippen LogP contribution < -0.4 is 0 Å². The second-order valence-electron chi connectivity index (χ2n) is 4.68. The second-order valence-corrected chi connectivity index (χ2v) is 5.74. The van der Waals surface area contributed by atoms with E-state index in [0.29, 0.717) is 6.42 Å². The van der Waals surface area contributed by atoms with Gasteiger partial charge in [-0.1, -0.05) is 43.7 Å². The van der Waals surface area contributed by atoms with Crippen LogP contribution in [0.2, 0.25) is 0 Å². The van der Waals surface area contributed by atoms with Crippen LogP contribution in [-0.4, -0.2) is 10.1 Å². The predicted molar refractivity (Wildman–Crippen MR) is 75.8 cm³/mol. The van der Waals surface area contributed by atoms with Crippen molar-refractivity contribution < 1.29 is 5.11 Å². The minimum atomic E-state index is -0.795. The lowest BCUT2D eigenvalue weighted by Crippen LogP contribution is -2.28. The summed E-state index contributed by atoms with van der Waals surface area (Å²) in [6.45, 7) is 4.09. The quantitative estimate of drug-likeness (QED) is 0.890. The molecule has 3 heteroatoms. The summed E-state index contributed by atoms with van der Waals surface area (Å²) in [6.07, 6.45) is 2.30. The van der Waals surface area contributed by atoms with Gasteiger partial charge in [-0.05, 0) is 18.9 Å². The third-order valence-corrected chi connectivity index (χ3v) is 3.94. The van der Waals surface area contributed by atoms with Gasteiger partial charge in [0.15, 0.2) is 0 Å². The highest BCUT2D eigenvalue weighted by Gasteiger charge is 2.29. The minimum absolute atomic E-state index is 0.592. The highest BCUT2D eigenvalue weighted by Crippen LogP contribution is 2.30. The van der Waals surface area contributed by atoms with E-state index in [1.165, 1.54) is 0 Å². The van der Waals surface area contributed by atoms with Crippen LogP contribution in [0.15, 0.2) is 35.7 Å². The number of aromatic nitrogens is 1. The van der Waals surface area contributed by atoms with Gasteiger partial charge in [0, 0.05) is 11.8 Å². The Hall–Kier alpha value is -1.19. The Bertz CT molecular complexity index is 494. The van der Waals surface area contributed by atoms with E-state index >= 15 is 0 Å². The molecule has 0 aliphatic heterocycles. The molecule has 0 radical (unpaired) electrons. The molecule has 1 heterocycles. The molecule has 0 saturated heterocycles. The van der Waals surface area contributed by atoms with E-state index < -0.39 is 5.60 Å². The van der Waals surface area contributed by atoms with Crippen LogP contribution in [0.25, 0.3) is 0 Å². The number of hydrogen-bond donors (Lipinski definition) is 1. The molecule has 18 heavy (non-hydrogen) atoms. The molecular weight excluding hydrogens is 242 g/mol. The monoisotopic (exact) mass is 261 g/mol. The molecule has 1 atom stereocenters. The standard InChI is InChI=1S/C15H19NOS/c1-3-9-15(17,13-7-5-4-6-8-13)10-14-11-18-12(2)16-14/h4-8,11,17H,3,9-10H2,1-2H3. The molecule has 2 aromatic rings. The molecule has 0 aliphatic carbocycles. The molecule has 0 saturated carbocycles. The Morgan fingerprint density at radius 2 is 2.00 bits per heavy atom.